The van der Waals surface area contributed by atoms with E-state index >= 15 is 0 Å². The molecule has 0 aromatic heterocycles. The highest BCUT2D eigenvalue weighted by molar-refractivity contribution is 7.89. The van der Waals surface area contributed by atoms with Crippen molar-refractivity contribution in [3.8, 4) is 5.75 Å². The second kappa shape index (κ2) is 8.55. The molecule has 0 unspecified atom stereocenters. The van der Waals surface area contributed by atoms with Crippen molar-refractivity contribution in [1.82, 2.24) is 4.31 Å². The van der Waals surface area contributed by atoms with Crippen LogP contribution in [-0.4, -0.2) is 38.8 Å². The molecule has 0 radical (unpaired) electrons. The first kappa shape index (κ1) is 21.3. The smallest absolute Gasteiger partial charge is 0.255 e. The van der Waals surface area contributed by atoms with E-state index in [0.717, 1.165) is 18.4 Å². The van der Waals surface area contributed by atoms with Crippen molar-refractivity contribution in [2.75, 3.05) is 25.5 Å². The Kier molecular flexibility index (Phi) is 6.29. The maximum Gasteiger partial charge on any atom is 0.255 e. The molecule has 1 saturated heterocycles. The van der Waals surface area contributed by atoms with Crippen LogP contribution >= 0.6 is 0 Å². The third kappa shape index (κ3) is 4.46. The van der Waals surface area contributed by atoms with Crippen LogP contribution < -0.4 is 10.1 Å². The average molecular weight is 417 g/mol. The second-order valence-electron chi connectivity index (χ2n) is 7.66. The Balaban J connectivity index is 1.94. The van der Waals surface area contributed by atoms with Gasteiger partial charge >= 0.3 is 0 Å². The van der Waals surface area contributed by atoms with Crippen LogP contribution in [0, 0.1) is 19.8 Å². The molecule has 0 saturated carbocycles. The van der Waals surface area contributed by atoms with Crippen molar-refractivity contribution in [2.45, 2.75) is 38.5 Å². The number of carbonyl (C=O) groups is 1. The summed E-state index contributed by atoms with van der Waals surface area (Å²) in [5.74, 6) is 0.698. The van der Waals surface area contributed by atoms with Gasteiger partial charge < -0.3 is 10.1 Å². The third-order valence-corrected chi connectivity index (χ3v) is 7.62. The van der Waals surface area contributed by atoms with Gasteiger partial charge in [-0.25, -0.2) is 8.42 Å². The van der Waals surface area contributed by atoms with Gasteiger partial charge in [0, 0.05) is 18.7 Å². The highest BCUT2D eigenvalue weighted by atomic mass is 32.2. The van der Waals surface area contributed by atoms with Crippen molar-refractivity contribution in [1.29, 1.82) is 0 Å². The van der Waals surface area contributed by atoms with E-state index in [1.54, 1.807) is 31.2 Å². The van der Waals surface area contributed by atoms with Gasteiger partial charge in [-0.05, 0) is 68.0 Å². The molecule has 7 heteroatoms. The zero-order chi connectivity index (χ0) is 21.2. The average Bonchev–Trinajstić information content (AvgIpc) is 2.70. The second-order valence-corrected chi connectivity index (χ2v) is 9.56. The molecular weight excluding hydrogens is 388 g/mol. The zero-order valence-electron chi connectivity index (χ0n) is 17.4. The Hall–Kier alpha value is -2.38. The minimum absolute atomic E-state index is 0.206. The van der Waals surface area contributed by atoms with E-state index in [9.17, 15) is 13.2 Å². The van der Waals surface area contributed by atoms with Crippen LogP contribution in [0.5, 0.6) is 5.75 Å². The van der Waals surface area contributed by atoms with Crippen LogP contribution in [0.1, 0.15) is 41.3 Å². The Morgan fingerprint density at radius 3 is 2.45 bits per heavy atom. The van der Waals surface area contributed by atoms with E-state index < -0.39 is 10.0 Å². The number of aryl methyl sites for hydroxylation is 1. The van der Waals surface area contributed by atoms with E-state index in [0.29, 0.717) is 41.6 Å². The van der Waals surface area contributed by atoms with Gasteiger partial charge in [0.25, 0.3) is 5.91 Å². The molecule has 1 aliphatic heterocycles. The summed E-state index contributed by atoms with van der Waals surface area (Å²) in [6, 6.07) is 10.3. The quantitative estimate of drug-likeness (QED) is 0.800. The number of hydrogen-bond donors (Lipinski definition) is 1. The lowest BCUT2D eigenvalue weighted by Gasteiger charge is -2.30. The molecule has 1 heterocycles. The molecule has 3 rings (SSSR count). The van der Waals surface area contributed by atoms with Crippen molar-refractivity contribution in [2.24, 2.45) is 5.92 Å². The first-order valence-electron chi connectivity index (χ1n) is 9.79. The van der Waals surface area contributed by atoms with Gasteiger partial charge in [-0.15, -0.1) is 0 Å². The number of hydrogen-bond acceptors (Lipinski definition) is 4. The van der Waals surface area contributed by atoms with E-state index in [1.807, 2.05) is 13.0 Å². The van der Waals surface area contributed by atoms with E-state index in [2.05, 4.69) is 12.2 Å². The van der Waals surface area contributed by atoms with Crippen LogP contribution in [0.15, 0.2) is 41.3 Å². The molecule has 6 nitrogen and oxygen atoms in total. The lowest BCUT2D eigenvalue weighted by Crippen LogP contribution is -2.38. The number of anilines is 1. The van der Waals surface area contributed by atoms with E-state index in [-0.39, 0.29) is 10.8 Å². The molecule has 156 valence electrons. The lowest BCUT2D eigenvalue weighted by molar-refractivity contribution is 0.102. The Morgan fingerprint density at radius 1 is 1.14 bits per heavy atom. The van der Waals surface area contributed by atoms with Gasteiger partial charge in [-0.1, -0.05) is 19.1 Å². The number of sulfonamides is 1. The molecule has 1 amide bonds. The minimum Gasteiger partial charge on any atom is -0.495 e. The van der Waals surface area contributed by atoms with Crippen molar-refractivity contribution in [3.63, 3.8) is 0 Å². The normalized spacial score (nSPS) is 15.9. The Labute approximate surface area is 172 Å². The summed E-state index contributed by atoms with van der Waals surface area (Å²) in [6.07, 6.45) is 1.70. The van der Waals surface area contributed by atoms with Gasteiger partial charge in [0.05, 0.1) is 17.7 Å². The maximum atomic E-state index is 13.3. The van der Waals surface area contributed by atoms with Gasteiger partial charge in [0.1, 0.15) is 5.75 Å². The molecule has 1 aliphatic rings. The molecule has 1 fully saturated rings. The Morgan fingerprint density at radius 2 is 1.79 bits per heavy atom. The van der Waals surface area contributed by atoms with Gasteiger partial charge in [0.15, 0.2) is 0 Å². The summed E-state index contributed by atoms with van der Waals surface area (Å²) in [7, 11) is -2.12. The van der Waals surface area contributed by atoms with Crippen LogP contribution in [0.4, 0.5) is 5.69 Å². The van der Waals surface area contributed by atoms with Crippen molar-refractivity contribution < 1.29 is 17.9 Å². The highest BCUT2D eigenvalue weighted by Gasteiger charge is 2.30. The summed E-state index contributed by atoms with van der Waals surface area (Å²) < 4.78 is 33.4. The molecular formula is C22H28N2O4S. The van der Waals surface area contributed by atoms with E-state index in [1.165, 1.54) is 17.5 Å². The third-order valence-electron chi connectivity index (χ3n) is 5.60. The number of piperidine rings is 1. The fourth-order valence-corrected chi connectivity index (χ4v) is 5.33. The summed E-state index contributed by atoms with van der Waals surface area (Å²) in [6.45, 7) is 6.78. The lowest BCUT2D eigenvalue weighted by atomic mass is 10.0. The predicted molar refractivity (Wildman–Crippen MR) is 114 cm³/mol. The molecule has 2 aromatic carbocycles. The van der Waals surface area contributed by atoms with E-state index in [4.69, 9.17) is 4.74 Å². The number of amides is 1. The number of nitrogens with one attached hydrogen (secondary N) is 1. The first-order chi connectivity index (χ1) is 13.7. The van der Waals surface area contributed by atoms with Crippen molar-refractivity contribution in [3.05, 3.63) is 53.1 Å². The van der Waals surface area contributed by atoms with Gasteiger partial charge in [-0.2, -0.15) is 4.31 Å². The van der Waals surface area contributed by atoms with Gasteiger partial charge in [0.2, 0.25) is 10.0 Å². The summed E-state index contributed by atoms with van der Waals surface area (Å²) in [5, 5.41) is 2.82. The number of benzene rings is 2. The molecule has 0 aliphatic carbocycles. The van der Waals surface area contributed by atoms with Crippen molar-refractivity contribution >= 4 is 21.6 Å². The van der Waals surface area contributed by atoms with Gasteiger partial charge in [-0.3, -0.25) is 4.79 Å². The number of nitrogens with zero attached hydrogens (tertiary/aromatic N) is 1. The molecule has 2 aromatic rings. The standard InChI is InChI=1S/C22H28N2O4S/c1-15-9-11-24(12-10-15)29(26,27)21-14-18(13-16(2)17(21)3)22(25)23-19-7-5-6-8-20(19)28-4/h5-8,13-15H,9-12H2,1-4H3,(H,23,25). The van der Waals surface area contributed by atoms with Crippen LogP contribution in [0.2, 0.25) is 0 Å². The molecule has 0 atom stereocenters. The van der Waals surface area contributed by atoms with Crippen LogP contribution in [0.3, 0.4) is 0 Å². The number of methoxy groups -OCH3 is 1. The molecule has 0 bridgehead atoms. The monoisotopic (exact) mass is 416 g/mol. The van der Waals surface area contributed by atoms with Crippen LogP contribution in [-0.2, 0) is 10.0 Å². The SMILES string of the molecule is COc1ccccc1NC(=O)c1cc(C)c(C)c(S(=O)(=O)N2CCC(C)CC2)c1. The fourth-order valence-electron chi connectivity index (χ4n) is 3.53. The predicted octanol–water partition coefficient (Wildman–Crippen LogP) is 3.98. The number of rotatable bonds is 5. The Bertz CT molecular complexity index is 1010. The summed E-state index contributed by atoms with van der Waals surface area (Å²) >= 11 is 0. The highest BCUT2D eigenvalue weighted by Crippen LogP contribution is 2.29. The zero-order valence-corrected chi connectivity index (χ0v) is 18.2. The number of ether oxygens (including phenoxy) is 1. The summed E-state index contributed by atoms with van der Waals surface area (Å²) in [4.78, 5) is 13.1. The minimum atomic E-state index is -3.65. The summed E-state index contributed by atoms with van der Waals surface area (Å²) in [5.41, 5.74) is 2.29. The number of carbonyl (C=O) groups excluding carboxylic acids is 1. The maximum absolute atomic E-state index is 13.3. The first-order valence-corrected chi connectivity index (χ1v) is 11.2. The number of para-hydroxylation sites is 2. The fraction of sp³-hybridized carbons (Fsp3) is 0.409. The topological polar surface area (TPSA) is 75.7 Å². The molecule has 29 heavy (non-hydrogen) atoms. The largest absolute Gasteiger partial charge is 0.495 e. The molecule has 1 N–H and O–H groups in total. The van der Waals surface area contributed by atoms with Crippen LogP contribution in [0.25, 0.3) is 0 Å². The molecule has 0 spiro atoms.